The second-order valence-electron chi connectivity index (χ2n) is 9.16. The molecule has 0 radical (unpaired) electrons. The molecular formula is C25H31N3O4. The fourth-order valence-electron chi connectivity index (χ4n) is 5.45. The molecule has 170 valence electrons. The molecular weight excluding hydrogens is 406 g/mol. The Morgan fingerprint density at radius 3 is 2.72 bits per heavy atom. The number of nitrogens with zero attached hydrogens (tertiary/aromatic N) is 3. The van der Waals surface area contributed by atoms with Crippen LogP contribution in [0.4, 0.5) is 0 Å². The van der Waals surface area contributed by atoms with Crippen LogP contribution in [0.5, 0.6) is 5.75 Å². The van der Waals surface area contributed by atoms with E-state index in [9.17, 15) is 9.90 Å². The average Bonchev–Trinajstić information content (AvgIpc) is 3.39. The molecule has 1 aromatic heterocycles. The molecule has 3 heterocycles. The summed E-state index contributed by atoms with van der Waals surface area (Å²) >= 11 is 0. The van der Waals surface area contributed by atoms with Crippen LogP contribution in [0.15, 0.2) is 48.7 Å². The average molecular weight is 438 g/mol. The van der Waals surface area contributed by atoms with Gasteiger partial charge in [0.2, 0.25) is 0 Å². The van der Waals surface area contributed by atoms with Gasteiger partial charge in [-0.15, -0.1) is 0 Å². The highest BCUT2D eigenvalue weighted by molar-refractivity contribution is 5.77. The molecule has 1 aliphatic carbocycles. The molecule has 1 amide bonds. The Morgan fingerprint density at radius 1 is 1.16 bits per heavy atom. The van der Waals surface area contributed by atoms with Crippen molar-refractivity contribution in [3.05, 3.63) is 59.9 Å². The van der Waals surface area contributed by atoms with E-state index in [1.165, 1.54) is 5.56 Å². The van der Waals surface area contributed by atoms with Gasteiger partial charge < -0.3 is 19.5 Å². The molecule has 7 nitrogen and oxygen atoms in total. The zero-order valence-electron chi connectivity index (χ0n) is 18.4. The third kappa shape index (κ3) is 4.37. The normalized spacial score (nSPS) is 28.0. The maximum atomic E-state index is 12.2. The third-order valence-corrected chi connectivity index (χ3v) is 7.19. The second-order valence-corrected chi connectivity index (χ2v) is 9.16. The highest BCUT2D eigenvalue weighted by Crippen LogP contribution is 2.50. The summed E-state index contributed by atoms with van der Waals surface area (Å²) in [7, 11) is 0. The number of pyridine rings is 1. The van der Waals surface area contributed by atoms with E-state index in [0.29, 0.717) is 38.0 Å². The van der Waals surface area contributed by atoms with Gasteiger partial charge in [-0.3, -0.25) is 14.7 Å². The summed E-state index contributed by atoms with van der Waals surface area (Å²) in [5.74, 6) is 1.45. The highest BCUT2D eigenvalue weighted by atomic mass is 16.5. The van der Waals surface area contributed by atoms with Gasteiger partial charge in [-0.25, -0.2) is 0 Å². The number of carbonyl (C=O) groups excluding carboxylic acids is 1. The van der Waals surface area contributed by atoms with Gasteiger partial charge in [0.15, 0.2) is 6.61 Å². The topological polar surface area (TPSA) is 75.1 Å². The van der Waals surface area contributed by atoms with E-state index < -0.39 is 5.60 Å². The first kappa shape index (κ1) is 21.4. The van der Waals surface area contributed by atoms with Crippen LogP contribution in [0.3, 0.4) is 0 Å². The summed E-state index contributed by atoms with van der Waals surface area (Å²) in [5, 5.41) is 11.4. The minimum Gasteiger partial charge on any atom is -0.484 e. The number of aliphatic hydroxyl groups is 1. The lowest BCUT2D eigenvalue weighted by Crippen LogP contribution is -2.42. The zero-order chi connectivity index (χ0) is 22.0. The van der Waals surface area contributed by atoms with Crippen LogP contribution in [0.25, 0.3) is 0 Å². The highest BCUT2D eigenvalue weighted by Gasteiger charge is 2.52. The molecule has 2 saturated heterocycles. The maximum absolute atomic E-state index is 12.2. The van der Waals surface area contributed by atoms with E-state index in [2.05, 4.69) is 22.0 Å². The number of rotatable bonds is 6. The maximum Gasteiger partial charge on any atom is 0.260 e. The van der Waals surface area contributed by atoms with Crippen molar-refractivity contribution in [1.29, 1.82) is 0 Å². The SMILES string of the molecule is O=C(COc1ccc(CN2C[C@@H]3CC[C@@](O)(c4ccccn4)[C@@H]3C2)cc1)N1CCOCC1. The Hall–Kier alpha value is -2.48. The monoisotopic (exact) mass is 437 g/mol. The van der Waals surface area contributed by atoms with E-state index in [-0.39, 0.29) is 18.4 Å². The molecule has 0 spiro atoms. The Labute approximate surface area is 189 Å². The van der Waals surface area contributed by atoms with Crippen molar-refractivity contribution in [2.75, 3.05) is 46.0 Å². The third-order valence-electron chi connectivity index (χ3n) is 7.19. The number of carbonyl (C=O) groups is 1. The predicted molar refractivity (Wildman–Crippen MR) is 119 cm³/mol. The van der Waals surface area contributed by atoms with Gasteiger partial charge in [0.25, 0.3) is 5.91 Å². The second kappa shape index (κ2) is 9.17. The summed E-state index contributed by atoms with van der Waals surface area (Å²) in [4.78, 5) is 20.9. The smallest absolute Gasteiger partial charge is 0.260 e. The van der Waals surface area contributed by atoms with Gasteiger partial charge in [0.1, 0.15) is 11.4 Å². The number of hydrogen-bond donors (Lipinski definition) is 1. The van der Waals surface area contributed by atoms with Crippen LogP contribution in [-0.2, 0) is 21.7 Å². The Bertz CT molecular complexity index is 917. The number of morpholine rings is 1. The summed E-state index contributed by atoms with van der Waals surface area (Å²) in [6.45, 7) is 5.24. The van der Waals surface area contributed by atoms with Gasteiger partial charge >= 0.3 is 0 Å². The molecule has 1 N–H and O–H groups in total. The molecule has 5 rings (SSSR count). The Kier molecular flexibility index (Phi) is 6.13. The van der Waals surface area contributed by atoms with Crippen molar-refractivity contribution < 1.29 is 19.4 Å². The molecule has 1 saturated carbocycles. The lowest BCUT2D eigenvalue weighted by atomic mass is 9.85. The minimum absolute atomic E-state index is 0.00127. The fraction of sp³-hybridized carbons (Fsp3) is 0.520. The zero-order valence-corrected chi connectivity index (χ0v) is 18.4. The molecule has 7 heteroatoms. The van der Waals surface area contributed by atoms with E-state index in [1.54, 1.807) is 11.1 Å². The van der Waals surface area contributed by atoms with Crippen LogP contribution >= 0.6 is 0 Å². The molecule has 3 aliphatic rings. The molecule has 2 aliphatic heterocycles. The van der Waals surface area contributed by atoms with Gasteiger partial charge in [-0.2, -0.15) is 0 Å². The van der Waals surface area contributed by atoms with Crippen LogP contribution in [0.2, 0.25) is 0 Å². The van der Waals surface area contributed by atoms with Gasteiger partial charge in [0, 0.05) is 44.8 Å². The van der Waals surface area contributed by atoms with Gasteiger partial charge in [0.05, 0.1) is 18.9 Å². The van der Waals surface area contributed by atoms with Crippen molar-refractivity contribution in [2.45, 2.75) is 25.0 Å². The van der Waals surface area contributed by atoms with Crippen molar-refractivity contribution >= 4 is 5.91 Å². The fourth-order valence-corrected chi connectivity index (χ4v) is 5.45. The van der Waals surface area contributed by atoms with Gasteiger partial charge in [-0.05, 0) is 48.6 Å². The number of ether oxygens (including phenoxy) is 2. The Balaban J connectivity index is 1.14. The van der Waals surface area contributed by atoms with Crippen molar-refractivity contribution in [2.24, 2.45) is 11.8 Å². The summed E-state index contributed by atoms with van der Waals surface area (Å²) in [6, 6.07) is 13.8. The number of aromatic nitrogens is 1. The molecule has 3 fully saturated rings. The molecule has 0 unspecified atom stereocenters. The predicted octanol–water partition coefficient (Wildman–Crippen LogP) is 2.05. The number of benzene rings is 1. The van der Waals surface area contributed by atoms with Crippen molar-refractivity contribution in [3.8, 4) is 5.75 Å². The quantitative estimate of drug-likeness (QED) is 0.746. The minimum atomic E-state index is -0.814. The lowest BCUT2D eigenvalue weighted by Gasteiger charge is -2.29. The molecule has 0 bridgehead atoms. The van der Waals surface area contributed by atoms with Crippen molar-refractivity contribution in [1.82, 2.24) is 14.8 Å². The van der Waals surface area contributed by atoms with Gasteiger partial charge in [-0.1, -0.05) is 18.2 Å². The molecule has 3 atom stereocenters. The summed E-state index contributed by atoms with van der Waals surface area (Å²) in [6.07, 6.45) is 3.60. The summed E-state index contributed by atoms with van der Waals surface area (Å²) < 4.78 is 11.0. The first-order chi connectivity index (χ1) is 15.6. The van der Waals surface area contributed by atoms with E-state index in [0.717, 1.165) is 38.2 Å². The van der Waals surface area contributed by atoms with Crippen LogP contribution in [-0.4, -0.2) is 71.8 Å². The van der Waals surface area contributed by atoms with Crippen molar-refractivity contribution in [3.63, 3.8) is 0 Å². The van der Waals surface area contributed by atoms with Crippen LogP contribution < -0.4 is 4.74 Å². The number of amides is 1. The van der Waals surface area contributed by atoms with Crippen LogP contribution in [0, 0.1) is 11.8 Å². The molecule has 32 heavy (non-hydrogen) atoms. The number of hydrogen-bond acceptors (Lipinski definition) is 6. The first-order valence-corrected chi connectivity index (χ1v) is 11.6. The first-order valence-electron chi connectivity index (χ1n) is 11.6. The summed E-state index contributed by atoms with van der Waals surface area (Å²) in [5.41, 5.74) is 1.20. The number of fused-ring (bicyclic) bond motifs is 1. The Morgan fingerprint density at radius 2 is 1.97 bits per heavy atom. The molecule has 2 aromatic rings. The van der Waals surface area contributed by atoms with E-state index in [1.807, 2.05) is 30.3 Å². The standard InChI is InChI=1S/C25H31N3O4/c29-24(28-11-13-31-14-12-28)18-32-21-6-4-19(5-7-21)15-27-16-20-8-9-25(30,22(20)17-27)23-3-1-2-10-26-23/h1-7,10,20,22,30H,8-9,11-18H2/t20-,22+,25-/m0/s1. The van der Waals surface area contributed by atoms with E-state index >= 15 is 0 Å². The molecule has 1 aromatic carbocycles. The largest absolute Gasteiger partial charge is 0.484 e. The lowest BCUT2D eigenvalue weighted by molar-refractivity contribution is -0.137. The van der Waals surface area contributed by atoms with Crippen LogP contribution in [0.1, 0.15) is 24.1 Å². The van der Waals surface area contributed by atoms with E-state index in [4.69, 9.17) is 9.47 Å². The number of likely N-dealkylation sites (tertiary alicyclic amines) is 1.